The van der Waals surface area contributed by atoms with Crippen molar-refractivity contribution in [2.45, 2.75) is 19.4 Å². The highest BCUT2D eigenvalue weighted by atomic mass is 16.6. The molecular formula is C22H24N2O2. The summed E-state index contributed by atoms with van der Waals surface area (Å²) in [4.78, 5) is 2.57. The minimum atomic E-state index is 0.619. The first-order valence-corrected chi connectivity index (χ1v) is 9.59. The Balaban J connectivity index is 1.47. The molecule has 4 heteroatoms. The molecule has 5 rings (SSSR count). The Hall–Kier alpha value is -2.46. The minimum absolute atomic E-state index is 0.619. The third-order valence-corrected chi connectivity index (χ3v) is 5.52. The van der Waals surface area contributed by atoms with Gasteiger partial charge in [-0.3, -0.25) is 0 Å². The third kappa shape index (κ3) is 2.84. The van der Waals surface area contributed by atoms with Gasteiger partial charge < -0.3 is 18.9 Å². The van der Waals surface area contributed by atoms with E-state index in [0.29, 0.717) is 13.2 Å². The number of hydrogen-bond donors (Lipinski definition) is 0. The molecule has 1 fully saturated rings. The number of nitrogens with zero attached hydrogens (tertiary/aromatic N) is 2. The van der Waals surface area contributed by atoms with Gasteiger partial charge in [-0.25, -0.2) is 0 Å². The molecule has 0 spiro atoms. The molecule has 0 saturated carbocycles. The average molecular weight is 348 g/mol. The van der Waals surface area contributed by atoms with Gasteiger partial charge in [-0.05, 0) is 61.3 Å². The number of benzene rings is 2. The van der Waals surface area contributed by atoms with Gasteiger partial charge in [0.15, 0.2) is 11.5 Å². The predicted octanol–water partition coefficient (Wildman–Crippen LogP) is 4.18. The second-order valence-corrected chi connectivity index (χ2v) is 7.15. The predicted molar refractivity (Wildman–Crippen MR) is 104 cm³/mol. The molecule has 0 radical (unpaired) electrons. The Bertz CT molecular complexity index is 925. The van der Waals surface area contributed by atoms with Crippen molar-refractivity contribution in [3.05, 3.63) is 48.7 Å². The van der Waals surface area contributed by atoms with E-state index in [1.807, 2.05) is 6.07 Å². The summed E-state index contributed by atoms with van der Waals surface area (Å²) < 4.78 is 13.8. The smallest absolute Gasteiger partial charge is 0.161 e. The SMILES string of the molecule is c1cc(-c2ccc3c(c2)OCCO3)c2ccn(CCN3CCCC3)c2c1. The zero-order valence-electron chi connectivity index (χ0n) is 15.0. The molecule has 0 N–H and O–H groups in total. The van der Waals surface area contributed by atoms with E-state index in [9.17, 15) is 0 Å². The Morgan fingerprint density at radius 2 is 1.69 bits per heavy atom. The summed E-state index contributed by atoms with van der Waals surface area (Å²) in [5.74, 6) is 1.69. The summed E-state index contributed by atoms with van der Waals surface area (Å²) >= 11 is 0. The van der Waals surface area contributed by atoms with Gasteiger partial charge in [-0.2, -0.15) is 0 Å². The topological polar surface area (TPSA) is 26.6 Å². The normalized spacial score (nSPS) is 17.1. The summed E-state index contributed by atoms with van der Waals surface area (Å²) in [6.07, 6.45) is 4.92. The van der Waals surface area contributed by atoms with Crippen molar-refractivity contribution in [1.82, 2.24) is 9.47 Å². The number of ether oxygens (including phenoxy) is 2. The van der Waals surface area contributed by atoms with E-state index in [1.165, 1.54) is 48.0 Å². The number of fused-ring (bicyclic) bond motifs is 2. The molecule has 134 valence electrons. The molecule has 26 heavy (non-hydrogen) atoms. The fourth-order valence-electron chi connectivity index (χ4n) is 4.14. The van der Waals surface area contributed by atoms with Crippen LogP contribution in [0.1, 0.15) is 12.8 Å². The number of hydrogen-bond acceptors (Lipinski definition) is 3. The lowest BCUT2D eigenvalue weighted by Crippen LogP contribution is -2.23. The Kier molecular flexibility index (Phi) is 4.06. The minimum Gasteiger partial charge on any atom is -0.486 e. The zero-order valence-corrected chi connectivity index (χ0v) is 15.0. The maximum atomic E-state index is 5.76. The van der Waals surface area contributed by atoms with E-state index in [2.05, 4.69) is 52.1 Å². The van der Waals surface area contributed by atoms with E-state index in [1.54, 1.807) is 0 Å². The average Bonchev–Trinajstić information content (AvgIpc) is 3.35. The van der Waals surface area contributed by atoms with Gasteiger partial charge in [0.1, 0.15) is 13.2 Å². The molecular weight excluding hydrogens is 324 g/mol. The fourth-order valence-corrected chi connectivity index (χ4v) is 4.14. The molecule has 0 aliphatic carbocycles. The lowest BCUT2D eigenvalue weighted by atomic mass is 10.0. The molecule has 1 aromatic heterocycles. The van der Waals surface area contributed by atoms with Crippen molar-refractivity contribution in [3.8, 4) is 22.6 Å². The summed E-state index contributed by atoms with van der Waals surface area (Å²) in [6, 6.07) is 15.1. The van der Waals surface area contributed by atoms with Crippen LogP contribution in [0.2, 0.25) is 0 Å². The molecule has 0 bridgehead atoms. The second kappa shape index (κ2) is 6.69. The van der Waals surface area contributed by atoms with Crippen LogP contribution in [-0.4, -0.2) is 42.3 Å². The highest BCUT2D eigenvalue weighted by Crippen LogP contribution is 2.37. The highest BCUT2D eigenvalue weighted by Gasteiger charge is 2.15. The van der Waals surface area contributed by atoms with Crippen molar-refractivity contribution in [2.24, 2.45) is 0 Å². The lowest BCUT2D eigenvalue weighted by Gasteiger charge is -2.19. The molecule has 2 aromatic carbocycles. The van der Waals surface area contributed by atoms with Crippen molar-refractivity contribution in [2.75, 3.05) is 32.8 Å². The maximum Gasteiger partial charge on any atom is 0.161 e. The van der Waals surface area contributed by atoms with Crippen LogP contribution < -0.4 is 9.47 Å². The van der Waals surface area contributed by atoms with Crippen molar-refractivity contribution >= 4 is 10.9 Å². The van der Waals surface area contributed by atoms with Crippen molar-refractivity contribution in [3.63, 3.8) is 0 Å². The molecule has 0 amide bonds. The third-order valence-electron chi connectivity index (χ3n) is 5.52. The summed E-state index contributed by atoms with van der Waals surface area (Å²) in [7, 11) is 0. The molecule has 1 saturated heterocycles. The molecule has 0 atom stereocenters. The zero-order chi connectivity index (χ0) is 17.3. The Morgan fingerprint density at radius 3 is 2.58 bits per heavy atom. The Morgan fingerprint density at radius 1 is 0.846 bits per heavy atom. The van der Waals surface area contributed by atoms with Gasteiger partial charge >= 0.3 is 0 Å². The van der Waals surface area contributed by atoms with E-state index in [4.69, 9.17) is 9.47 Å². The summed E-state index contributed by atoms with van der Waals surface area (Å²) in [5, 5.41) is 1.30. The van der Waals surface area contributed by atoms with Gasteiger partial charge in [-0.1, -0.05) is 18.2 Å². The number of rotatable bonds is 4. The second-order valence-electron chi connectivity index (χ2n) is 7.15. The molecule has 4 nitrogen and oxygen atoms in total. The van der Waals surface area contributed by atoms with Crippen LogP contribution in [0.15, 0.2) is 48.7 Å². The first kappa shape index (κ1) is 15.8. The molecule has 2 aliphatic rings. The van der Waals surface area contributed by atoms with Crippen LogP contribution >= 0.6 is 0 Å². The van der Waals surface area contributed by atoms with E-state index in [0.717, 1.165) is 24.6 Å². The summed E-state index contributed by atoms with van der Waals surface area (Å²) in [6.45, 7) is 5.94. The first-order valence-electron chi connectivity index (χ1n) is 9.59. The lowest BCUT2D eigenvalue weighted by molar-refractivity contribution is 0.171. The number of likely N-dealkylation sites (tertiary alicyclic amines) is 1. The van der Waals surface area contributed by atoms with Gasteiger partial charge in [0.05, 0.1) is 0 Å². The van der Waals surface area contributed by atoms with Gasteiger partial charge in [-0.15, -0.1) is 0 Å². The van der Waals surface area contributed by atoms with Crippen LogP contribution in [0.25, 0.3) is 22.0 Å². The Labute approximate surface area is 153 Å². The van der Waals surface area contributed by atoms with Crippen molar-refractivity contribution in [1.29, 1.82) is 0 Å². The van der Waals surface area contributed by atoms with Crippen LogP contribution in [0, 0.1) is 0 Å². The maximum absolute atomic E-state index is 5.76. The van der Waals surface area contributed by atoms with Crippen molar-refractivity contribution < 1.29 is 9.47 Å². The fraction of sp³-hybridized carbons (Fsp3) is 0.364. The van der Waals surface area contributed by atoms with E-state index < -0.39 is 0 Å². The van der Waals surface area contributed by atoms with Crippen LogP contribution in [0.3, 0.4) is 0 Å². The van der Waals surface area contributed by atoms with Crippen LogP contribution in [-0.2, 0) is 6.54 Å². The highest BCUT2D eigenvalue weighted by molar-refractivity contribution is 5.95. The quantitative estimate of drug-likeness (QED) is 0.708. The van der Waals surface area contributed by atoms with E-state index >= 15 is 0 Å². The van der Waals surface area contributed by atoms with Crippen LogP contribution in [0.4, 0.5) is 0 Å². The van der Waals surface area contributed by atoms with Gasteiger partial charge in [0.25, 0.3) is 0 Å². The summed E-state index contributed by atoms with van der Waals surface area (Å²) in [5.41, 5.74) is 3.73. The van der Waals surface area contributed by atoms with Gasteiger partial charge in [0, 0.05) is 30.2 Å². The molecule has 2 aliphatic heterocycles. The van der Waals surface area contributed by atoms with E-state index in [-0.39, 0.29) is 0 Å². The van der Waals surface area contributed by atoms with Gasteiger partial charge in [0.2, 0.25) is 0 Å². The largest absolute Gasteiger partial charge is 0.486 e. The molecule has 0 unspecified atom stereocenters. The molecule has 3 heterocycles. The number of aromatic nitrogens is 1. The first-order chi connectivity index (χ1) is 12.9. The van der Waals surface area contributed by atoms with Crippen LogP contribution in [0.5, 0.6) is 11.5 Å². The molecule has 3 aromatic rings. The standard InChI is InChI=1S/C22H24N2O2/c1-2-10-23(9-1)12-13-24-11-8-19-18(4-3-5-20(19)24)17-6-7-21-22(16-17)26-15-14-25-21/h3-8,11,16H,1-2,9-10,12-15H2. The monoisotopic (exact) mass is 348 g/mol.